The maximum Gasteiger partial charge on any atom is 0.217 e. The summed E-state index contributed by atoms with van der Waals surface area (Å²) in [5, 5.41) is 2.50. The molecule has 58 valence electrons. The summed E-state index contributed by atoms with van der Waals surface area (Å²) in [6.07, 6.45) is 2.64. The zero-order valence-electron chi connectivity index (χ0n) is 6.09. The lowest BCUT2D eigenvalue weighted by Crippen LogP contribution is -2.36. The van der Waals surface area contributed by atoms with Crippen LogP contribution in [-0.2, 0) is 9.59 Å². The molecule has 0 aromatic carbocycles. The number of rotatable bonds is 4. The Labute approximate surface area is 64.6 Å². The maximum atomic E-state index is 10.4. The third-order valence-electron chi connectivity index (χ3n) is 0.899. The average molecular weight is 161 g/mol. The topological polar surface area (TPSA) is 46.2 Å². The summed E-state index contributed by atoms with van der Waals surface area (Å²) in [5.74, 6) is 0.481. The Morgan fingerprint density at radius 1 is 1.80 bits per heavy atom. The molecule has 0 aromatic heterocycles. The van der Waals surface area contributed by atoms with Crippen LogP contribution < -0.4 is 5.32 Å². The average Bonchev–Trinajstić information content (AvgIpc) is 1.86. The van der Waals surface area contributed by atoms with Gasteiger partial charge in [0.2, 0.25) is 5.91 Å². The van der Waals surface area contributed by atoms with Crippen LogP contribution >= 0.6 is 11.8 Å². The molecule has 1 N–H and O–H groups in total. The van der Waals surface area contributed by atoms with Gasteiger partial charge >= 0.3 is 0 Å². The Bertz CT molecular complexity index is 127. The van der Waals surface area contributed by atoms with Crippen molar-refractivity contribution in [2.75, 3.05) is 12.0 Å². The van der Waals surface area contributed by atoms with Crippen molar-refractivity contribution in [2.45, 2.75) is 13.0 Å². The van der Waals surface area contributed by atoms with E-state index in [-0.39, 0.29) is 11.9 Å². The van der Waals surface area contributed by atoms with Crippen molar-refractivity contribution < 1.29 is 9.59 Å². The number of amides is 1. The van der Waals surface area contributed by atoms with E-state index >= 15 is 0 Å². The highest BCUT2D eigenvalue weighted by Gasteiger charge is 2.05. The van der Waals surface area contributed by atoms with E-state index in [4.69, 9.17) is 0 Å². The number of nitrogens with one attached hydrogen (secondary N) is 1. The first kappa shape index (κ1) is 9.49. The van der Waals surface area contributed by atoms with E-state index in [0.717, 1.165) is 6.29 Å². The third-order valence-corrected chi connectivity index (χ3v) is 1.59. The van der Waals surface area contributed by atoms with E-state index < -0.39 is 0 Å². The molecule has 0 aromatic rings. The van der Waals surface area contributed by atoms with Crippen LogP contribution in [0.2, 0.25) is 0 Å². The molecule has 1 unspecified atom stereocenters. The van der Waals surface area contributed by atoms with E-state index in [1.54, 1.807) is 0 Å². The molecule has 0 radical (unpaired) electrons. The zero-order chi connectivity index (χ0) is 7.98. The third kappa shape index (κ3) is 4.38. The number of hydrogen-bond donors (Lipinski definition) is 1. The van der Waals surface area contributed by atoms with Crippen molar-refractivity contribution in [1.82, 2.24) is 5.32 Å². The highest BCUT2D eigenvalue weighted by molar-refractivity contribution is 7.98. The van der Waals surface area contributed by atoms with Crippen molar-refractivity contribution in [3.8, 4) is 0 Å². The number of aldehydes is 1. The van der Waals surface area contributed by atoms with Crippen LogP contribution in [0.3, 0.4) is 0 Å². The lowest BCUT2D eigenvalue weighted by molar-refractivity contribution is -0.121. The molecule has 10 heavy (non-hydrogen) atoms. The minimum atomic E-state index is -0.326. The first-order valence-electron chi connectivity index (χ1n) is 2.92. The fourth-order valence-corrected chi connectivity index (χ4v) is 1.08. The molecule has 3 nitrogen and oxygen atoms in total. The van der Waals surface area contributed by atoms with Crippen molar-refractivity contribution in [1.29, 1.82) is 0 Å². The number of hydrogen-bond acceptors (Lipinski definition) is 3. The lowest BCUT2D eigenvalue weighted by Gasteiger charge is -2.07. The summed E-state index contributed by atoms with van der Waals surface area (Å²) in [5.41, 5.74) is 0. The summed E-state index contributed by atoms with van der Waals surface area (Å²) in [6.45, 7) is 1.40. The highest BCUT2D eigenvalue weighted by Crippen LogP contribution is 1.93. The van der Waals surface area contributed by atoms with Crippen molar-refractivity contribution in [3.63, 3.8) is 0 Å². The second kappa shape index (κ2) is 5.29. The standard InChI is InChI=1S/C6H11NO2S/c1-5(9)7-6(3-8)4-10-2/h3,6H,4H2,1-2H3,(H,7,9). The van der Waals surface area contributed by atoms with Gasteiger partial charge in [0.05, 0.1) is 6.04 Å². The summed E-state index contributed by atoms with van der Waals surface area (Å²) < 4.78 is 0. The predicted octanol–water partition coefficient (Wildman–Crippen LogP) is 0.0530. The fraction of sp³-hybridized carbons (Fsp3) is 0.667. The van der Waals surface area contributed by atoms with Gasteiger partial charge in [0.25, 0.3) is 0 Å². The molecule has 1 amide bonds. The molecule has 0 saturated heterocycles. The molecular formula is C6H11NO2S. The highest BCUT2D eigenvalue weighted by atomic mass is 32.2. The molecule has 0 aliphatic carbocycles. The molecule has 1 atom stereocenters. The molecule has 0 heterocycles. The Morgan fingerprint density at radius 2 is 2.40 bits per heavy atom. The van der Waals surface area contributed by atoms with Crippen molar-refractivity contribution >= 4 is 24.0 Å². The van der Waals surface area contributed by atoms with Gasteiger partial charge < -0.3 is 10.1 Å². The van der Waals surface area contributed by atoms with Crippen LogP contribution in [0.1, 0.15) is 6.92 Å². The van der Waals surface area contributed by atoms with Crippen LogP contribution in [0.4, 0.5) is 0 Å². The zero-order valence-corrected chi connectivity index (χ0v) is 6.90. The molecule has 0 aliphatic heterocycles. The Morgan fingerprint density at radius 3 is 2.70 bits per heavy atom. The smallest absolute Gasteiger partial charge is 0.217 e. The normalized spacial score (nSPS) is 12.2. The van der Waals surface area contributed by atoms with Crippen molar-refractivity contribution in [2.24, 2.45) is 0 Å². The van der Waals surface area contributed by atoms with Crippen LogP contribution in [0, 0.1) is 0 Å². The minimum absolute atomic E-state index is 0.161. The molecule has 0 aliphatic rings. The molecule has 4 heteroatoms. The molecule has 0 bridgehead atoms. The predicted molar refractivity (Wildman–Crippen MR) is 42.1 cm³/mol. The van der Waals surface area contributed by atoms with Gasteiger partial charge in [-0.1, -0.05) is 0 Å². The molecule has 0 rings (SSSR count). The second-order valence-electron chi connectivity index (χ2n) is 1.90. The monoisotopic (exact) mass is 161 g/mol. The first-order valence-corrected chi connectivity index (χ1v) is 4.31. The van der Waals surface area contributed by atoms with Crippen LogP contribution in [0.15, 0.2) is 0 Å². The van der Waals surface area contributed by atoms with E-state index in [0.29, 0.717) is 5.75 Å². The maximum absolute atomic E-state index is 10.4. The van der Waals surface area contributed by atoms with E-state index in [1.807, 2.05) is 6.26 Å². The Kier molecular flexibility index (Phi) is 5.02. The van der Waals surface area contributed by atoms with Gasteiger partial charge in [-0.15, -0.1) is 0 Å². The molecule has 0 saturated carbocycles. The van der Waals surface area contributed by atoms with E-state index in [2.05, 4.69) is 5.32 Å². The van der Waals surface area contributed by atoms with Gasteiger partial charge in [0, 0.05) is 12.7 Å². The van der Waals surface area contributed by atoms with E-state index in [1.165, 1.54) is 18.7 Å². The van der Waals surface area contributed by atoms with Gasteiger partial charge in [-0.2, -0.15) is 11.8 Å². The molecule has 0 fully saturated rings. The van der Waals surface area contributed by atoms with Crippen LogP contribution in [-0.4, -0.2) is 30.2 Å². The quantitative estimate of drug-likeness (QED) is 0.593. The fourth-order valence-electron chi connectivity index (χ4n) is 0.556. The number of thioether (sulfide) groups is 1. The SMILES string of the molecule is CSCC(C=O)NC(C)=O. The second-order valence-corrected chi connectivity index (χ2v) is 2.81. The summed E-state index contributed by atoms with van der Waals surface area (Å²) in [7, 11) is 0. The number of carbonyl (C=O) groups excluding carboxylic acids is 2. The summed E-state index contributed by atoms with van der Waals surface area (Å²) in [4.78, 5) is 20.6. The Balaban J connectivity index is 3.59. The summed E-state index contributed by atoms with van der Waals surface area (Å²) >= 11 is 1.53. The first-order chi connectivity index (χ1) is 4.70. The largest absolute Gasteiger partial charge is 0.346 e. The summed E-state index contributed by atoms with van der Waals surface area (Å²) in [6, 6.07) is -0.326. The van der Waals surface area contributed by atoms with Gasteiger partial charge in [0.1, 0.15) is 6.29 Å². The van der Waals surface area contributed by atoms with Crippen LogP contribution in [0.5, 0.6) is 0 Å². The van der Waals surface area contributed by atoms with Gasteiger partial charge in [0.15, 0.2) is 0 Å². The Hall–Kier alpha value is -0.510. The van der Waals surface area contributed by atoms with Crippen LogP contribution in [0.25, 0.3) is 0 Å². The van der Waals surface area contributed by atoms with Crippen molar-refractivity contribution in [3.05, 3.63) is 0 Å². The minimum Gasteiger partial charge on any atom is -0.346 e. The molecular weight excluding hydrogens is 150 g/mol. The van der Waals surface area contributed by atoms with E-state index in [9.17, 15) is 9.59 Å². The van der Waals surface area contributed by atoms with Gasteiger partial charge in [-0.05, 0) is 6.26 Å². The number of carbonyl (C=O) groups is 2. The van der Waals surface area contributed by atoms with Gasteiger partial charge in [-0.25, -0.2) is 0 Å². The van der Waals surface area contributed by atoms with Gasteiger partial charge in [-0.3, -0.25) is 4.79 Å². The molecule has 0 spiro atoms. The lowest BCUT2D eigenvalue weighted by atomic mass is 10.4.